The molecule has 0 amide bonds. The Balaban J connectivity index is 0. The molecule has 0 saturated carbocycles. The largest absolute Gasteiger partial charge is 0.480 e. The van der Waals surface area contributed by atoms with Crippen molar-refractivity contribution in [3.05, 3.63) is 0 Å². The molecular formula is C5H11Cl2NO2S. The standard InChI is InChI=1S/C5H10ClNO2S.ClH/c6-1-2-10-3-4(7)5(8)9;/h4H,1-3,7H2,(H,8,9);1H. The SMILES string of the molecule is Cl.NC(CSCCCl)C(=O)O. The van der Waals surface area contributed by atoms with Crippen LogP contribution >= 0.6 is 35.8 Å². The summed E-state index contributed by atoms with van der Waals surface area (Å²) in [4.78, 5) is 10.1. The van der Waals surface area contributed by atoms with Crippen LogP contribution in [-0.2, 0) is 4.79 Å². The summed E-state index contributed by atoms with van der Waals surface area (Å²) in [7, 11) is 0. The number of hydrogen-bond donors (Lipinski definition) is 2. The Hall–Kier alpha value is 0.360. The Kier molecular flexibility index (Phi) is 10.7. The second kappa shape index (κ2) is 8.46. The highest BCUT2D eigenvalue weighted by Crippen LogP contribution is 2.01. The van der Waals surface area contributed by atoms with E-state index in [-0.39, 0.29) is 12.4 Å². The van der Waals surface area contributed by atoms with Gasteiger partial charge in [0.15, 0.2) is 0 Å². The van der Waals surface area contributed by atoms with Crippen LogP contribution in [0, 0.1) is 0 Å². The molecule has 0 heterocycles. The van der Waals surface area contributed by atoms with E-state index in [0.717, 1.165) is 5.75 Å². The fraction of sp³-hybridized carbons (Fsp3) is 0.800. The van der Waals surface area contributed by atoms with E-state index in [9.17, 15) is 4.79 Å². The predicted octanol–water partition coefficient (Wildman–Crippen LogP) is 0.792. The van der Waals surface area contributed by atoms with Crippen LogP contribution in [0.25, 0.3) is 0 Å². The van der Waals surface area contributed by atoms with E-state index < -0.39 is 12.0 Å². The number of carboxylic acid groups (broad SMARTS) is 1. The van der Waals surface area contributed by atoms with Crippen molar-refractivity contribution in [1.29, 1.82) is 0 Å². The molecule has 11 heavy (non-hydrogen) atoms. The summed E-state index contributed by atoms with van der Waals surface area (Å²) in [5.41, 5.74) is 5.19. The highest BCUT2D eigenvalue weighted by molar-refractivity contribution is 7.99. The first-order valence-corrected chi connectivity index (χ1v) is 4.49. The number of alkyl halides is 1. The van der Waals surface area contributed by atoms with E-state index in [4.69, 9.17) is 22.4 Å². The van der Waals surface area contributed by atoms with Gasteiger partial charge in [0, 0.05) is 17.4 Å². The average Bonchev–Trinajstić information content (AvgIpc) is 1.88. The van der Waals surface area contributed by atoms with Gasteiger partial charge in [0.1, 0.15) is 6.04 Å². The number of carbonyl (C=O) groups is 1. The molecule has 0 fully saturated rings. The quantitative estimate of drug-likeness (QED) is 0.531. The highest BCUT2D eigenvalue weighted by atomic mass is 35.5. The second-order valence-electron chi connectivity index (χ2n) is 1.71. The lowest BCUT2D eigenvalue weighted by Crippen LogP contribution is -2.32. The average molecular weight is 220 g/mol. The summed E-state index contributed by atoms with van der Waals surface area (Å²) in [6.45, 7) is 0. The molecule has 0 aliphatic heterocycles. The van der Waals surface area contributed by atoms with Crippen LogP contribution in [0.15, 0.2) is 0 Å². The molecule has 0 aromatic rings. The van der Waals surface area contributed by atoms with Gasteiger partial charge in [-0.15, -0.1) is 24.0 Å². The zero-order chi connectivity index (χ0) is 7.98. The van der Waals surface area contributed by atoms with Crippen LogP contribution in [0.1, 0.15) is 0 Å². The maximum absolute atomic E-state index is 10.1. The number of rotatable bonds is 5. The Labute approximate surface area is 81.1 Å². The van der Waals surface area contributed by atoms with Gasteiger partial charge in [-0.25, -0.2) is 0 Å². The van der Waals surface area contributed by atoms with E-state index in [1.165, 1.54) is 11.8 Å². The Bertz CT molecular complexity index is 115. The Morgan fingerprint density at radius 1 is 1.73 bits per heavy atom. The fourth-order valence-electron chi connectivity index (χ4n) is 0.336. The van der Waals surface area contributed by atoms with Crippen molar-refractivity contribution in [2.75, 3.05) is 17.4 Å². The first-order valence-electron chi connectivity index (χ1n) is 2.80. The van der Waals surface area contributed by atoms with Crippen molar-refractivity contribution in [2.24, 2.45) is 5.73 Å². The summed E-state index contributed by atoms with van der Waals surface area (Å²) in [6.07, 6.45) is 0. The third kappa shape index (κ3) is 8.26. The summed E-state index contributed by atoms with van der Waals surface area (Å²) >= 11 is 6.81. The van der Waals surface area contributed by atoms with Crippen LogP contribution in [-0.4, -0.2) is 34.5 Å². The predicted molar refractivity (Wildman–Crippen MR) is 50.9 cm³/mol. The topological polar surface area (TPSA) is 63.3 Å². The number of aliphatic carboxylic acids is 1. The first-order chi connectivity index (χ1) is 4.68. The molecular weight excluding hydrogens is 209 g/mol. The van der Waals surface area contributed by atoms with Gasteiger partial charge in [-0.05, 0) is 0 Å². The minimum Gasteiger partial charge on any atom is -0.480 e. The zero-order valence-electron chi connectivity index (χ0n) is 5.83. The van der Waals surface area contributed by atoms with Gasteiger partial charge in [0.25, 0.3) is 0 Å². The van der Waals surface area contributed by atoms with E-state index in [2.05, 4.69) is 0 Å². The van der Waals surface area contributed by atoms with E-state index in [0.29, 0.717) is 11.6 Å². The molecule has 0 aromatic heterocycles. The molecule has 0 saturated heterocycles. The van der Waals surface area contributed by atoms with Gasteiger partial charge in [-0.2, -0.15) is 11.8 Å². The van der Waals surface area contributed by atoms with Gasteiger partial charge < -0.3 is 10.8 Å². The van der Waals surface area contributed by atoms with Crippen molar-refractivity contribution in [3.63, 3.8) is 0 Å². The lowest BCUT2D eigenvalue weighted by atomic mass is 10.4. The van der Waals surface area contributed by atoms with Gasteiger partial charge in [0.2, 0.25) is 0 Å². The summed E-state index contributed by atoms with van der Waals surface area (Å²) in [5, 5.41) is 8.31. The van der Waals surface area contributed by atoms with Crippen molar-refractivity contribution < 1.29 is 9.90 Å². The molecule has 0 aromatic carbocycles. The van der Waals surface area contributed by atoms with Crippen LogP contribution < -0.4 is 5.73 Å². The molecule has 68 valence electrons. The molecule has 3 N–H and O–H groups in total. The molecule has 1 unspecified atom stereocenters. The van der Waals surface area contributed by atoms with Crippen LogP contribution in [0.5, 0.6) is 0 Å². The maximum Gasteiger partial charge on any atom is 0.321 e. The minimum absolute atomic E-state index is 0. The van der Waals surface area contributed by atoms with E-state index in [1.54, 1.807) is 0 Å². The minimum atomic E-state index is -0.956. The molecule has 6 heteroatoms. The van der Waals surface area contributed by atoms with Crippen molar-refractivity contribution in [2.45, 2.75) is 6.04 Å². The van der Waals surface area contributed by atoms with E-state index in [1.807, 2.05) is 0 Å². The number of nitrogens with two attached hydrogens (primary N) is 1. The zero-order valence-corrected chi connectivity index (χ0v) is 8.21. The summed E-state index contributed by atoms with van der Waals surface area (Å²) in [5.74, 6) is 0.767. The molecule has 0 aliphatic carbocycles. The lowest BCUT2D eigenvalue weighted by molar-refractivity contribution is -0.137. The van der Waals surface area contributed by atoms with Crippen LogP contribution in [0.2, 0.25) is 0 Å². The van der Waals surface area contributed by atoms with Gasteiger partial charge in [0.05, 0.1) is 0 Å². The summed E-state index contributed by atoms with van der Waals surface area (Å²) in [6, 6.07) is -0.756. The fourth-order valence-corrected chi connectivity index (χ4v) is 1.34. The smallest absolute Gasteiger partial charge is 0.321 e. The maximum atomic E-state index is 10.1. The normalized spacial score (nSPS) is 11.8. The highest BCUT2D eigenvalue weighted by Gasteiger charge is 2.09. The number of thioether (sulfide) groups is 1. The third-order valence-electron chi connectivity index (χ3n) is 0.836. The van der Waals surface area contributed by atoms with Crippen molar-refractivity contribution in [1.82, 2.24) is 0 Å². The molecule has 3 nitrogen and oxygen atoms in total. The molecule has 0 spiro atoms. The first kappa shape index (κ1) is 13.9. The van der Waals surface area contributed by atoms with Gasteiger partial charge in [-0.3, -0.25) is 4.79 Å². The Morgan fingerprint density at radius 2 is 2.27 bits per heavy atom. The monoisotopic (exact) mass is 219 g/mol. The van der Waals surface area contributed by atoms with Crippen molar-refractivity contribution >= 4 is 41.7 Å². The molecule has 0 rings (SSSR count). The molecule has 0 aliphatic rings. The second-order valence-corrected chi connectivity index (χ2v) is 3.24. The Morgan fingerprint density at radius 3 is 2.64 bits per heavy atom. The van der Waals surface area contributed by atoms with E-state index >= 15 is 0 Å². The van der Waals surface area contributed by atoms with Crippen molar-refractivity contribution in [3.8, 4) is 0 Å². The number of hydrogen-bond acceptors (Lipinski definition) is 3. The lowest BCUT2D eigenvalue weighted by Gasteiger charge is -2.03. The summed E-state index contributed by atoms with van der Waals surface area (Å²) < 4.78 is 0. The van der Waals surface area contributed by atoms with Gasteiger partial charge in [-0.1, -0.05) is 0 Å². The number of halogens is 2. The molecule has 1 atom stereocenters. The van der Waals surface area contributed by atoms with Crippen LogP contribution in [0.3, 0.4) is 0 Å². The molecule has 0 bridgehead atoms. The molecule has 0 radical (unpaired) electrons. The van der Waals surface area contributed by atoms with Crippen LogP contribution in [0.4, 0.5) is 0 Å². The number of carboxylic acids is 1. The van der Waals surface area contributed by atoms with Gasteiger partial charge >= 0.3 is 5.97 Å². The third-order valence-corrected chi connectivity index (χ3v) is 2.34.